The van der Waals surface area contributed by atoms with E-state index < -0.39 is 0 Å². The molecule has 0 rings (SSSR count). The number of rotatable bonds is 23. The Morgan fingerprint density at radius 1 is 0.500 bits per heavy atom. The average Bonchev–Trinajstić information content (AvgIpc) is 2.70. The average molecular weight is 455 g/mol. The second-order valence-corrected chi connectivity index (χ2v) is 11.3. The molecule has 0 heterocycles. The number of thioether (sulfide) groups is 3. The summed E-state index contributed by atoms with van der Waals surface area (Å²) in [6.45, 7) is 3.15. The van der Waals surface area contributed by atoms with E-state index in [9.17, 15) is 0 Å². The molecule has 6 heteroatoms. The Labute approximate surface area is 187 Å². The van der Waals surface area contributed by atoms with Gasteiger partial charge in [-0.1, -0.05) is 32.6 Å². The van der Waals surface area contributed by atoms with E-state index in [2.05, 4.69) is 6.92 Å². The predicted octanol–water partition coefficient (Wildman–Crippen LogP) is 5.46. The highest BCUT2D eigenvalue weighted by atomic mass is 32.2. The Bertz CT molecular complexity index is 271. The first-order chi connectivity index (χ1) is 13.7. The van der Waals surface area contributed by atoms with Crippen LogP contribution in [0.1, 0.15) is 77.6 Å². The Hall–Kier alpha value is 0.930. The van der Waals surface area contributed by atoms with Crippen molar-refractivity contribution in [1.29, 1.82) is 0 Å². The zero-order valence-corrected chi connectivity index (χ0v) is 20.7. The largest absolute Gasteiger partial charge is 0.396 e. The van der Waals surface area contributed by atoms with Crippen molar-refractivity contribution in [2.75, 3.05) is 54.3 Å². The molecule has 0 aliphatic rings. The second-order valence-electron chi connectivity index (χ2n) is 7.63. The number of hydrogen-bond acceptors (Lipinski definition) is 6. The standard InChI is InChI=1S/C22H46O3S3/c1-2-3-4-5-9-22(10-6-16-26-19-13-23,11-7-17-27-20-14-24)12-8-18-28-21-15-25/h23-25H,2-21H2,1H3. The van der Waals surface area contributed by atoms with E-state index in [4.69, 9.17) is 15.3 Å². The van der Waals surface area contributed by atoms with E-state index in [1.165, 1.54) is 70.6 Å². The quantitative estimate of drug-likeness (QED) is 0.178. The Balaban J connectivity index is 4.66. The van der Waals surface area contributed by atoms with E-state index in [1.807, 2.05) is 35.3 Å². The summed E-state index contributed by atoms with van der Waals surface area (Å²) < 4.78 is 0. The lowest BCUT2D eigenvalue weighted by molar-refractivity contribution is 0.187. The minimum atomic E-state index is 0.289. The van der Waals surface area contributed by atoms with E-state index in [0.29, 0.717) is 5.41 Å². The lowest BCUT2D eigenvalue weighted by Crippen LogP contribution is -2.22. The first-order valence-corrected chi connectivity index (χ1v) is 14.8. The van der Waals surface area contributed by atoms with Crippen molar-refractivity contribution >= 4 is 35.3 Å². The smallest absolute Gasteiger partial charge is 0.0521 e. The molecule has 0 unspecified atom stereocenters. The van der Waals surface area contributed by atoms with Crippen molar-refractivity contribution < 1.29 is 15.3 Å². The fourth-order valence-electron chi connectivity index (χ4n) is 3.82. The normalized spacial score (nSPS) is 12.0. The maximum absolute atomic E-state index is 9.01. The zero-order valence-electron chi connectivity index (χ0n) is 18.2. The van der Waals surface area contributed by atoms with Crippen molar-refractivity contribution in [3.8, 4) is 0 Å². The van der Waals surface area contributed by atoms with Crippen LogP contribution in [-0.4, -0.2) is 69.7 Å². The van der Waals surface area contributed by atoms with E-state index in [0.717, 1.165) is 34.5 Å². The highest BCUT2D eigenvalue weighted by molar-refractivity contribution is 7.99. The van der Waals surface area contributed by atoms with Crippen molar-refractivity contribution in [1.82, 2.24) is 0 Å². The molecule has 28 heavy (non-hydrogen) atoms. The molecule has 0 aliphatic carbocycles. The minimum Gasteiger partial charge on any atom is -0.396 e. The van der Waals surface area contributed by atoms with Crippen LogP contribution in [0.3, 0.4) is 0 Å². The van der Waals surface area contributed by atoms with Crippen molar-refractivity contribution in [2.24, 2.45) is 5.41 Å². The molecule has 0 radical (unpaired) electrons. The molecule has 0 aromatic rings. The molecule has 0 aliphatic heterocycles. The molecule has 3 nitrogen and oxygen atoms in total. The molecule has 0 saturated heterocycles. The van der Waals surface area contributed by atoms with Gasteiger partial charge in [-0.2, -0.15) is 35.3 Å². The Morgan fingerprint density at radius 2 is 0.893 bits per heavy atom. The van der Waals surface area contributed by atoms with Crippen LogP contribution in [0.15, 0.2) is 0 Å². The predicted molar refractivity (Wildman–Crippen MR) is 132 cm³/mol. The molecular formula is C22H46O3S3. The zero-order chi connectivity index (χ0) is 20.8. The highest BCUT2D eigenvalue weighted by Gasteiger charge is 2.28. The summed E-state index contributed by atoms with van der Waals surface area (Å²) >= 11 is 5.65. The van der Waals surface area contributed by atoms with Crippen molar-refractivity contribution in [3.63, 3.8) is 0 Å². The minimum absolute atomic E-state index is 0.289. The van der Waals surface area contributed by atoms with Gasteiger partial charge in [0, 0.05) is 17.3 Å². The Kier molecular flexibility index (Phi) is 23.4. The lowest BCUT2D eigenvalue weighted by atomic mass is 9.72. The molecular weight excluding hydrogens is 408 g/mol. The monoisotopic (exact) mass is 454 g/mol. The van der Waals surface area contributed by atoms with Crippen LogP contribution >= 0.6 is 35.3 Å². The van der Waals surface area contributed by atoms with Gasteiger partial charge in [0.25, 0.3) is 0 Å². The van der Waals surface area contributed by atoms with E-state index >= 15 is 0 Å². The number of aliphatic hydroxyl groups excluding tert-OH is 3. The number of hydrogen-bond donors (Lipinski definition) is 3. The van der Waals surface area contributed by atoms with Crippen LogP contribution < -0.4 is 0 Å². The first-order valence-electron chi connectivity index (χ1n) is 11.3. The van der Waals surface area contributed by atoms with Gasteiger partial charge < -0.3 is 15.3 Å². The summed E-state index contributed by atoms with van der Waals surface area (Å²) in [5, 5.41) is 27.0. The fraction of sp³-hybridized carbons (Fsp3) is 1.00. The van der Waals surface area contributed by atoms with Crippen LogP contribution in [-0.2, 0) is 0 Å². The van der Waals surface area contributed by atoms with Gasteiger partial charge >= 0.3 is 0 Å². The third-order valence-corrected chi connectivity index (χ3v) is 8.40. The third kappa shape index (κ3) is 17.8. The van der Waals surface area contributed by atoms with Crippen molar-refractivity contribution in [3.05, 3.63) is 0 Å². The molecule has 0 aromatic carbocycles. The van der Waals surface area contributed by atoms with Gasteiger partial charge in [-0.15, -0.1) is 0 Å². The molecule has 0 saturated carbocycles. The molecule has 0 fully saturated rings. The van der Waals surface area contributed by atoms with Crippen LogP contribution in [0, 0.1) is 5.41 Å². The van der Waals surface area contributed by atoms with Gasteiger partial charge in [0.1, 0.15) is 0 Å². The van der Waals surface area contributed by atoms with Crippen LogP contribution in [0.25, 0.3) is 0 Å². The summed E-state index contributed by atoms with van der Waals surface area (Å²) in [6.07, 6.45) is 14.4. The molecule has 0 atom stereocenters. The molecule has 0 bridgehead atoms. The van der Waals surface area contributed by atoms with Crippen LogP contribution in [0.5, 0.6) is 0 Å². The lowest BCUT2D eigenvalue weighted by Gasteiger charge is -2.35. The SMILES string of the molecule is CCCCCCC(CCCSCCO)(CCCSCCO)CCCSCCO. The topological polar surface area (TPSA) is 60.7 Å². The Morgan fingerprint density at radius 3 is 1.25 bits per heavy atom. The maximum Gasteiger partial charge on any atom is 0.0521 e. The third-order valence-electron chi connectivity index (χ3n) is 5.25. The van der Waals surface area contributed by atoms with Crippen molar-refractivity contribution in [2.45, 2.75) is 77.6 Å². The van der Waals surface area contributed by atoms with E-state index in [-0.39, 0.29) is 19.8 Å². The number of aliphatic hydroxyl groups is 3. The summed E-state index contributed by atoms with van der Waals surface area (Å²) in [6, 6.07) is 0. The van der Waals surface area contributed by atoms with Gasteiger partial charge in [0.05, 0.1) is 19.8 Å². The van der Waals surface area contributed by atoms with Gasteiger partial charge in [-0.25, -0.2) is 0 Å². The van der Waals surface area contributed by atoms with Gasteiger partial charge in [-0.3, -0.25) is 0 Å². The maximum atomic E-state index is 9.01. The number of unbranched alkanes of at least 4 members (excludes halogenated alkanes) is 3. The highest BCUT2D eigenvalue weighted by Crippen LogP contribution is 2.41. The summed E-state index contributed by atoms with van der Waals surface area (Å²) in [7, 11) is 0. The van der Waals surface area contributed by atoms with E-state index in [1.54, 1.807) is 0 Å². The summed E-state index contributed by atoms with van der Waals surface area (Å²) in [5.41, 5.74) is 0.465. The first kappa shape index (κ1) is 28.9. The van der Waals surface area contributed by atoms with Gasteiger partial charge in [0.15, 0.2) is 0 Å². The van der Waals surface area contributed by atoms with Gasteiger partial charge in [0.2, 0.25) is 0 Å². The molecule has 3 N–H and O–H groups in total. The molecule has 0 spiro atoms. The summed E-state index contributed by atoms with van der Waals surface area (Å²) in [5.74, 6) is 6.07. The summed E-state index contributed by atoms with van der Waals surface area (Å²) in [4.78, 5) is 0. The molecule has 170 valence electrons. The second kappa shape index (κ2) is 22.6. The fourth-order valence-corrected chi connectivity index (χ4v) is 5.87. The van der Waals surface area contributed by atoms with Crippen LogP contribution in [0.2, 0.25) is 0 Å². The van der Waals surface area contributed by atoms with Crippen LogP contribution in [0.4, 0.5) is 0 Å². The van der Waals surface area contributed by atoms with Gasteiger partial charge in [-0.05, 0) is 67.6 Å². The molecule has 0 amide bonds. The molecule has 0 aromatic heterocycles.